The summed E-state index contributed by atoms with van der Waals surface area (Å²) in [6.45, 7) is 6.46. The Balaban J connectivity index is 2.04. The van der Waals surface area contributed by atoms with Crippen molar-refractivity contribution in [2.24, 2.45) is 0 Å². The van der Waals surface area contributed by atoms with Crippen LogP contribution in [0, 0.1) is 0 Å². The Kier molecular flexibility index (Phi) is 6.60. The van der Waals surface area contributed by atoms with Crippen molar-refractivity contribution in [3.8, 4) is 0 Å². The van der Waals surface area contributed by atoms with E-state index in [1.165, 1.54) is 12.2 Å². The fraction of sp³-hybridized carbons (Fsp3) is 0.667. The average Bonchev–Trinajstić information content (AvgIpc) is 2.71. The van der Waals surface area contributed by atoms with Gasteiger partial charge in [-0.05, 0) is 37.4 Å². The fourth-order valence-corrected chi connectivity index (χ4v) is 2.19. The molecule has 0 aliphatic heterocycles. The molecule has 3 heteroatoms. The van der Waals surface area contributed by atoms with Crippen LogP contribution in [0.3, 0.4) is 0 Å². The molecule has 1 N–H and O–H groups in total. The van der Waals surface area contributed by atoms with Crippen molar-refractivity contribution >= 4 is 11.8 Å². The maximum Gasteiger partial charge on any atom is 0.114 e. The van der Waals surface area contributed by atoms with Crippen LogP contribution in [-0.4, -0.2) is 18.8 Å². The summed E-state index contributed by atoms with van der Waals surface area (Å²) in [5, 5.41) is 3.32. The summed E-state index contributed by atoms with van der Waals surface area (Å²) >= 11 is 1.95. The van der Waals surface area contributed by atoms with Gasteiger partial charge in [0, 0.05) is 6.42 Å². The van der Waals surface area contributed by atoms with Gasteiger partial charge in [-0.3, -0.25) is 0 Å². The number of thioether (sulfide) groups is 1. The number of hydrogen-bond acceptors (Lipinski definition) is 3. The lowest BCUT2D eigenvalue weighted by Crippen LogP contribution is -2.14. The van der Waals surface area contributed by atoms with Gasteiger partial charge in [0.2, 0.25) is 0 Å². The Labute approximate surface area is 96.8 Å². The summed E-state index contributed by atoms with van der Waals surface area (Å²) in [7, 11) is 0. The van der Waals surface area contributed by atoms with Crippen LogP contribution in [0.4, 0.5) is 0 Å². The van der Waals surface area contributed by atoms with Gasteiger partial charge >= 0.3 is 0 Å². The highest BCUT2D eigenvalue weighted by Gasteiger charge is 1.99. The number of aryl methyl sites for hydroxylation is 1. The van der Waals surface area contributed by atoms with E-state index in [1.807, 2.05) is 11.8 Å². The maximum absolute atomic E-state index is 5.62. The largest absolute Gasteiger partial charge is 0.465 e. The van der Waals surface area contributed by atoms with E-state index < -0.39 is 0 Å². The molecule has 0 spiro atoms. The predicted octanol–water partition coefficient (Wildman–Crippen LogP) is 3.07. The van der Waals surface area contributed by atoms with Gasteiger partial charge in [0.1, 0.15) is 11.5 Å². The second-order valence-electron chi connectivity index (χ2n) is 3.48. The summed E-state index contributed by atoms with van der Waals surface area (Å²) in [4.78, 5) is 0. The molecule has 1 heterocycles. The number of rotatable bonds is 8. The summed E-state index contributed by atoms with van der Waals surface area (Å²) < 4.78 is 5.62. The first-order valence-corrected chi connectivity index (χ1v) is 6.88. The molecule has 1 rings (SSSR count). The minimum absolute atomic E-state index is 0.991. The molecule has 1 aromatic heterocycles. The fourth-order valence-electron chi connectivity index (χ4n) is 1.34. The monoisotopic (exact) mass is 227 g/mol. The van der Waals surface area contributed by atoms with Gasteiger partial charge in [-0.1, -0.05) is 13.8 Å². The highest BCUT2D eigenvalue weighted by molar-refractivity contribution is 7.98. The van der Waals surface area contributed by atoms with Crippen LogP contribution < -0.4 is 5.32 Å². The highest BCUT2D eigenvalue weighted by Crippen LogP contribution is 2.16. The molecule has 0 unspecified atom stereocenters. The quantitative estimate of drug-likeness (QED) is 0.691. The van der Waals surface area contributed by atoms with Gasteiger partial charge in [-0.15, -0.1) is 0 Å². The summed E-state index contributed by atoms with van der Waals surface area (Å²) in [5.74, 6) is 4.42. The van der Waals surface area contributed by atoms with Gasteiger partial charge in [-0.25, -0.2) is 0 Å². The molecule has 0 aliphatic rings. The van der Waals surface area contributed by atoms with Crippen LogP contribution in [0.5, 0.6) is 0 Å². The van der Waals surface area contributed by atoms with Crippen molar-refractivity contribution in [3.63, 3.8) is 0 Å². The maximum atomic E-state index is 5.62. The van der Waals surface area contributed by atoms with Crippen molar-refractivity contribution in [2.45, 2.75) is 32.4 Å². The van der Waals surface area contributed by atoms with Crippen molar-refractivity contribution in [1.82, 2.24) is 5.32 Å². The van der Waals surface area contributed by atoms with E-state index in [2.05, 4.69) is 31.3 Å². The lowest BCUT2D eigenvalue weighted by atomic mass is 10.4. The molecule has 1 aromatic rings. The number of nitrogens with one attached hydrogen (secondary N) is 1. The van der Waals surface area contributed by atoms with E-state index in [-0.39, 0.29) is 0 Å². The van der Waals surface area contributed by atoms with E-state index in [1.54, 1.807) is 0 Å². The van der Waals surface area contributed by atoms with Crippen molar-refractivity contribution in [3.05, 3.63) is 23.7 Å². The summed E-state index contributed by atoms with van der Waals surface area (Å²) in [5.41, 5.74) is 0. The molecular weight excluding hydrogens is 206 g/mol. The van der Waals surface area contributed by atoms with Gasteiger partial charge in [0.15, 0.2) is 0 Å². The average molecular weight is 227 g/mol. The molecule has 0 saturated carbocycles. The Morgan fingerprint density at radius 2 is 2.07 bits per heavy atom. The molecule has 0 radical (unpaired) electrons. The normalized spacial score (nSPS) is 10.8. The molecule has 0 atom stereocenters. The van der Waals surface area contributed by atoms with Crippen LogP contribution in [0.1, 0.15) is 31.8 Å². The van der Waals surface area contributed by atoms with Gasteiger partial charge in [-0.2, -0.15) is 11.8 Å². The zero-order valence-corrected chi connectivity index (χ0v) is 10.5. The summed E-state index contributed by atoms with van der Waals surface area (Å²) in [6, 6.07) is 4.17. The number of furan rings is 1. The molecule has 0 amide bonds. The van der Waals surface area contributed by atoms with E-state index in [9.17, 15) is 0 Å². The number of hydrogen-bond donors (Lipinski definition) is 1. The van der Waals surface area contributed by atoms with E-state index in [0.717, 1.165) is 36.8 Å². The van der Waals surface area contributed by atoms with Crippen LogP contribution >= 0.6 is 11.8 Å². The molecular formula is C12H21NOS. The first-order chi connectivity index (χ1) is 7.36. The molecule has 0 fully saturated rings. The van der Waals surface area contributed by atoms with E-state index in [4.69, 9.17) is 4.42 Å². The molecule has 0 bridgehead atoms. The molecule has 2 nitrogen and oxygen atoms in total. The minimum atomic E-state index is 0.991. The Morgan fingerprint density at radius 1 is 1.27 bits per heavy atom. The van der Waals surface area contributed by atoms with Crippen LogP contribution in [0.25, 0.3) is 0 Å². The van der Waals surface area contributed by atoms with E-state index in [0.29, 0.717) is 0 Å². The SMILES string of the molecule is CCNCCCSCc1ccc(CC)o1. The topological polar surface area (TPSA) is 25.2 Å². The molecule has 86 valence electrons. The second kappa shape index (κ2) is 7.83. The van der Waals surface area contributed by atoms with Gasteiger partial charge in [0.25, 0.3) is 0 Å². The second-order valence-corrected chi connectivity index (χ2v) is 4.59. The first-order valence-electron chi connectivity index (χ1n) is 5.72. The van der Waals surface area contributed by atoms with Crippen LogP contribution in [-0.2, 0) is 12.2 Å². The van der Waals surface area contributed by atoms with Crippen molar-refractivity contribution in [1.29, 1.82) is 0 Å². The Hall–Kier alpha value is -0.410. The lowest BCUT2D eigenvalue weighted by molar-refractivity contribution is 0.485. The standard InChI is InChI=1S/C12H21NOS/c1-3-11-6-7-12(14-11)10-15-9-5-8-13-4-2/h6-7,13H,3-5,8-10H2,1-2H3. The molecule has 0 saturated heterocycles. The highest BCUT2D eigenvalue weighted by atomic mass is 32.2. The minimum Gasteiger partial charge on any atom is -0.465 e. The van der Waals surface area contributed by atoms with Crippen LogP contribution in [0.15, 0.2) is 16.5 Å². The first kappa shape index (κ1) is 12.7. The third-order valence-electron chi connectivity index (χ3n) is 2.20. The Bertz CT molecular complexity index is 260. The van der Waals surface area contributed by atoms with Crippen molar-refractivity contribution < 1.29 is 4.42 Å². The summed E-state index contributed by atoms with van der Waals surface area (Å²) in [6.07, 6.45) is 2.23. The zero-order valence-electron chi connectivity index (χ0n) is 9.71. The molecule has 0 aliphatic carbocycles. The zero-order chi connectivity index (χ0) is 10.9. The molecule has 0 aromatic carbocycles. The smallest absolute Gasteiger partial charge is 0.114 e. The van der Waals surface area contributed by atoms with Gasteiger partial charge < -0.3 is 9.73 Å². The lowest BCUT2D eigenvalue weighted by Gasteiger charge is -2.00. The Morgan fingerprint density at radius 3 is 2.73 bits per heavy atom. The van der Waals surface area contributed by atoms with Gasteiger partial charge in [0.05, 0.1) is 5.75 Å². The third kappa shape index (κ3) is 5.28. The third-order valence-corrected chi connectivity index (χ3v) is 3.27. The van der Waals surface area contributed by atoms with E-state index >= 15 is 0 Å². The van der Waals surface area contributed by atoms with Crippen LogP contribution in [0.2, 0.25) is 0 Å². The predicted molar refractivity (Wildman–Crippen MR) is 67.4 cm³/mol. The molecule has 15 heavy (non-hydrogen) atoms. The van der Waals surface area contributed by atoms with Crippen molar-refractivity contribution in [2.75, 3.05) is 18.8 Å².